The second kappa shape index (κ2) is 10.3. The van der Waals surface area contributed by atoms with Gasteiger partial charge in [0, 0.05) is 19.2 Å². The van der Waals surface area contributed by atoms with E-state index in [1.165, 1.54) is 30.0 Å². The SMILES string of the molecule is CCn1c(COc2ccc(F)c(Cl)c2)nnc1SCC(=O)NCc1ccccc1. The number of aromatic nitrogens is 3. The number of hydrogen-bond acceptors (Lipinski definition) is 5. The average molecular weight is 435 g/mol. The van der Waals surface area contributed by atoms with Crippen LogP contribution in [0.15, 0.2) is 53.7 Å². The molecule has 3 aromatic rings. The summed E-state index contributed by atoms with van der Waals surface area (Å²) in [6.07, 6.45) is 0. The van der Waals surface area contributed by atoms with Crippen molar-refractivity contribution in [3.63, 3.8) is 0 Å². The van der Waals surface area contributed by atoms with Gasteiger partial charge >= 0.3 is 0 Å². The second-order valence-corrected chi connectivity index (χ2v) is 7.41. The van der Waals surface area contributed by atoms with Crippen molar-refractivity contribution in [2.24, 2.45) is 0 Å². The van der Waals surface area contributed by atoms with Crippen molar-refractivity contribution in [3.05, 3.63) is 70.8 Å². The molecular weight excluding hydrogens is 415 g/mol. The molecule has 0 aliphatic heterocycles. The maximum atomic E-state index is 13.2. The summed E-state index contributed by atoms with van der Waals surface area (Å²) in [5.41, 5.74) is 1.04. The van der Waals surface area contributed by atoms with Crippen LogP contribution in [0, 0.1) is 5.82 Å². The monoisotopic (exact) mass is 434 g/mol. The molecule has 152 valence electrons. The highest BCUT2D eigenvalue weighted by Crippen LogP contribution is 2.22. The van der Waals surface area contributed by atoms with Crippen LogP contribution in [-0.4, -0.2) is 26.4 Å². The van der Waals surface area contributed by atoms with Gasteiger partial charge < -0.3 is 14.6 Å². The van der Waals surface area contributed by atoms with Gasteiger partial charge in [0.2, 0.25) is 5.91 Å². The van der Waals surface area contributed by atoms with Crippen LogP contribution in [0.5, 0.6) is 5.75 Å². The van der Waals surface area contributed by atoms with Crippen LogP contribution >= 0.6 is 23.4 Å². The van der Waals surface area contributed by atoms with E-state index in [-0.39, 0.29) is 23.3 Å². The number of thioether (sulfide) groups is 1. The van der Waals surface area contributed by atoms with Gasteiger partial charge in [-0.1, -0.05) is 53.7 Å². The molecule has 9 heteroatoms. The summed E-state index contributed by atoms with van der Waals surface area (Å²) < 4.78 is 20.7. The number of ether oxygens (including phenoxy) is 1. The Kier molecular flexibility index (Phi) is 7.48. The Morgan fingerprint density at radius 1 is 1.24 bits per heavy atom. The van der Waals surface area contributed by atoms with Gasteiger partial charge in [-0.05, 0) is 24.6 Å². The molecule has 0 saturated heterocycles. The molecule has 3 rings (SSSR count). The molecule has 1 heterocycles. The molecule has 0 aliphatic rings. The number of rotatable bonds is 9. The lowest BCUT2D eigenvalue weighted by molar-refractivity contribution is -0.118. The maximum Gasteiger partial charge on any atom is 0.230 e. The van der Waals surface area contributed by atoms with Crippen LogP contribution in [-0.2, 0) is 24.5 Å². The minimum atomic E-state index is -0.500. The molecule has 1 amide bonds. The Morgan fingerprint density at radius 3 is 2.76 bits per heavy atom. The number of carbonyl (C=O) groups is 1. The minimum Gasteiger partial charge on any atom is -0.486 e. The van der Waals surface area contributed by atoms with Crippen molar-refractivity contribution in [2.45, 2.75) is 31.8 Å². The van der Waals surface area contributed by atoms with Crippen molar-refractivity contribution in [1.29, 1.82) is 0 Å². The molecule has 0 fully saturated rings. The lowest BCUT2D eigenvalue weighted by Gasteiger charge is -2.09. The highest BCUT2D eigenvalue weighted by molar-refractivity contribution is 7.99. The van der Waals surface area contributed by atoms with Gasteiger partial charge in [0.05, 0.1) is 10.8 Å². The third-order valence-corrected chi connectivity index (χ3v) is 5.29. The summed E-state index contributed by atoms with van der Waals surface area (Å²) in [6, 6.07) is 13.9. The normalized spacial score (nSPS) is 10.7. The third kappa shape index (κ3) is 5.95. The topological polar surface area (TPSA) is 69.0 Å². The molecule has 2 aromatic carbocycles. The van der Waals surface area contributed by atoms with E-state index in [1.54, 1.807) is 0 Å². The molecule has 0 unspecified atom stereocenters. The fourth-order valence-corrected chi connectivity index (χ4v) is 3.56. The number of nitrogens with zero attached hydrogens (tertiary/aromatic N) is 3. The predicted octanol–water partition coefficient (Wildman–Crippen LogP) is 4.08. The van der Waals surface area contributed by atoms with Crippen molar-refractivity contribution >= 4 is 29.3 Å². The molecule has 0 atom stereocenters. The van der Waals surface area contributed by atoms with Crippen molar-refractivity contribution in [2.75, 3.05) is 5.75 Å². The van der Waals surface area contributed by atoms with Gasteiger partial charge in [-0.2, -0.15) is 0 Å². The number of hydrogen-bond donors (Lipinski definition) is 1. The first-order valence-corrected chi connectivity index (χ1v) is 10.4. The van der Waals surface area contributed by atoms with Crippen LogP contribution in [0.3, 0.4) is 0 Å². The quantitative estimate of drug-likeness (QED) is 0.514. The predicted molar refractivity (Wildman–Crippen MR) is 110 cm³/mol. The Labute approximate surface area is 177 Å². The number of halogens is 2. The highest BCUT2D eigenvalue weighted by Gasteiger charge is 2.14. The van der Waals surface area contributed by atoms with E-state index in [0.717, 1.165) is 5.56 Å². The zero-order valence-corrected chi connectivity index (χ0v) is 17.3. The number of benzene rings is 2. The molecule has 29 heavy (non-hydrogen) atoms. The van der Waals surface area contributed by atoms with E-state index in [0.29, 0.717) is 29.8 Å². The summed E-state index contributed by atoms with van der Waals surface area (Å²) in [6.45, 7) is 3.23. The van der Waals surface area contributed by atoms with E-state index < -0.39 is 5.82 Å². The molecule has 0 bridgehead atoms. The first-order chi connectivity index (χ1) is 14.1. The number of amides is 1. The first kappa shape index (κ1) is 21.1. The molecule has 0 radical (unpaired) electrons. The fourth-order valence-electron chi connectivity index (χ4n) is 2.54. The van der Waals surface area contributed by atoms with Crippen LogP contribution in [0.4, 0.5) is 4.39 Å². The number of carbonyl (C=O) groups excluding carboxylic acids is 1. The van der Waals surface area contributed by atoms with E-state index in [9.17, 15) is 9.18 Å². The first-order valence-electron chi connectivity index (χ1n) is 9.00. The smallest absolute Gasteiger partial charge is 0.230 e. The van der Waals surface area contributed by atoms with E-state index in [1.807, 2.05) is 41.8 Å². The lowest BCUT2D eigenvalue weighted by Crippen LogP contribution is -2.24. The Hall–Kier alpha value is -2.58. The van der Waals surface area contributed by atoms with Crippen LogP contribution in [0.2, 0.25) is 5.02 Å². The van der Waals surface area contributed by atoms with Gasteiger partial charge in [0.1, 0.15) is 18.2 Å². The van der Waals surface area contributed by atoms with E-state index >= 15 is 0 Å². The fraction of sp³-hybridized carbons (Fsp3) is 0.250. The van der Waals surface area contributed by atoms with E-state index in [2.05, 4.69) is 15.5 Å². The standard InChI is InChI=1S/C20H20ClFN4O2S/c1-2-26-18(12-28-15-8-9-17(22)16(21)10-15)24-25-20(26)29-13-19(27)23-11-14-6-4-3-5-7-14/h3-10H,2,11-13H2,1H3,(H,23,27). The average Bonchev–Trinajstić information content (AvgIpc) is 3.14. The van der Waals surface area contributed by atoms with Gasteiger partial charge in [-0.15, -0.1) is 10.2 Å². The number of nitrogens with one attached hydrogen (secondary N) is 1. The van der Waals surface area contributed by atoms with Gasteiger partial charge in [-0.3, -0.25) is 4.79 Å². The summed E-state index contributed by atoms with van der Waals surface area (Å²) in [4.78, 5) is 12.1. The van der Waals surface area contributed by atoms with Gasteiger partial charge in [0.15, 0.2) is 11.0 Å². The minimum absolute atomic E-state index is 0.00258. The molecule has 6 nitrogen and oxygen atoms in total. The second-order valence-electron chi connectivity index (χ2n) is 6.06. The van der Waals surface area contributed by atoms with Gasteiger partial charge in [-0.25, -0.2) is 4.39 Å². The summed E-state index contributed by atoms with van der Waals surface area (Å²) in [5, 5.41) is 11.8. The molecule has 1 aromatic heterocycles. The van der Waals surface area contributed by atoms with Crippen LogP contribution in [0.25, 0.3) is 0 Å². The summed E-state index contributed by atoms with van der Waals surface area (Å²) >= 11 is 7.08. The largest absolute Gasteiger partial charge is 0.486 e. The molecule has 1 N–H and O–H groups in total. The lowest BCUT2D eigenvalue weighted by atomic mass is 10.2. The van der Waals surface area contributed by atoms with Gasteiger partial charge in [0.25, 0.3) is 0 Å². The van der Waals surface area contributed by atoms with Crippen LogP contribution < -0.4 is 10.1 Å². The molecule has 0 spiro atoms. The Balaban J connectivity index is 1.53. The summed E-state index contributed by atoms with van der Waals surface area (Å²) in [7, 11) is 0. The van der Waals surface area contributed by atoms with Crippen LogP contribution in [0.1, 0.15) is 18.3 Å². The molecular formula is C20H20ClFN4O2S. The van der Waals surface area contributed by atoms with Crippen molar-refractivity contribution < 1.29 is 13.9 Å². The maximum absolute atomic E-state index is 13.2. The molecule has 0 aliphatic carbocycles. The zero-order valence-electron chi connectivity index (χ0n) is 15.8. The highest BCUT2D eigenvalue weighted by atomic mass is 35.5. The van der Waals surface area contributed by atoms with Crippen molar-refractivity contribution in [3.8, 4) is 5.75 Å². The molecule has 0 saturated carbocycles. The Morgan fingerprint density at radius 2 is 2.03 bits per heavy atom. The summed E-state index contributed by atoms with van der Waals surface area (Å²) in [5.74, 6) is 0.708. The zero-order chi connectivity index (χ0) is 20.6. The third-order valence-electron chi connectivity index (χ3n) is 4.03. The van der Waals surface area contributed by atoms with Crippen molar-refractivity contribution in [1.82, 2.24) is 20.1 Å². The Bertz CT molecular complexity index is 968. The van der Waals surface area contributed by atoms with E-state index in [4.69, 9.17) is 16.3 Å².